The molecule has 0 nitrogen and oxygen atoms in total. The second-order valence-corrected chi connectivity index (χ2v) is 4.31. The Bertz CT molecular complexity index is 327. The molecule has 2 aromatic carbocycles. The van der Waals surface area contributed by atoms with E-state index in [1.165, 1.54) is 22.3 Å². The van der Waals surface area contributed by atoms with Crippen LogP contribution in [0.4, 0.5) is 0 Å². The maximum Gasteiger partial charge on any atom is 0 e. The molecule has 2 rings (SSSR count). The molecule has 0 aliphatic carbocycles. The van der Waals surface area contributed by atoms with Gasteiger partial charge in [0.2, 0.25) is 0 Å². The first-order valence-electron chi connectivity index (χ1n) is 5.64. The number of rotatable bonds is 0. The molecular weight excluding hydrogens is 288 g/mol. The molecule has 0 aliphatic heterocycles. The van der Waals surface area contributed by atoms with Gasteiger partial charge in [-0.2, -0.15) is 0 Å². The molecule has 0 bridgehead atoms. The van der Waals surface area contributed by atoms with Crippen molar-refractivity contribution in [2.75, 3.05) is 0 Å². The maximum atomic E-state index is 2.12. The average Bonchev–Trinajstić information content (AvgIpc) is 2.28. The van der Waals surface area contributed by atoms with Crippen molar-refractivity contribution in [3.63, 3.8) is 0 Å². The zero-order valence-electron chi connectivity index (χ0n) is 11.0. The molecule has 0 unspecified atom stereocenters. The van der Waals surface area contributed by atoms with E-state index in [9.17, 15) is 0 Å². The summed E-state index contributed by atoms with van der Waals surface area (Å²) in [6.07, 6.45) is 0. The van der Waals surface area contributed by atoms with Crippen LogP contribution in [0.25, 0.3) is 0 Å². The fraction of sp³-hybridized carbons (Fsp3) is 0.250. The first kappa shape index (κ1) is 16.1. The van der Waals surface area contributed by atoms with Gasteiger partial charge in [-0.25, -0.2) is 0 Å². The van der Waals surface area contributed by atoms with Gasteiger partial charge in [0.1, 0.15) is 0 Å². The van der Waals surface area contributed by atoms with Crippen LogP contribution in [-0.4, -0.2) is 0 Å². The molecule has 0 atom stereocenters. The minimum Gasteiger partial charge on any atom is -0.0591 e. The third-order valence-corrected chi connectivity index (χ3v) is 2.44. The summed E-state index contributed by atoms with van der Waals surface area (Å²) < 4.78 is 0. The number of benzene rings is 2. The van der Waals surface area contributed by atoms with Crippen LogP contribution in [0.3, 0.4) is 0 Å². The Labute approximate surface area is 119 Å². The van der Waals surface area contributed by atoms with Crippen molar-refractivity contribution in [2.24, 2.45) is 0 Å². The Morgan fingerprint density at radius 3 is 0.647 bits per heavy atom. The van der Waals surface area contributed by atoms with Crippen molar-refractivity contribution in [2.45, 2.75) is 27.7 Å². The van der Waals surface area contributed by atoms with Gasteiger partial charge in [-0.15, -0.1) is 0 Å². The van der Waals surface area contributed by atoms with Gasteiger partial charge in [0.25, 0.3) is 0 Å². The minimum atomic E-state index is 0. The molecule has 1 heteroatoms. The fourth-order valence-corrected chi connectivity index (χ4v) is 1.27. The monoisotopic (exact) mass is 310 g/mol. The standard InChI is InChI=1S/2C8H10.Mo/c2*1-7-3-5-8(2)6-4-7;/h2*3-6H,1-2H3;. The van der Waals surface area contributed by atoms with Crippen LogP contribution in [0.2, 0.25) is 0 Å². The smallest absolute Gasteiger partial charge is 0 e. The Hall–Kier alpha value is -0.872. The first-order valence-corrected chi connectivity index (χ1v) is 5.64. The van der Waals surface area contributed by atoms with Crippen LogP contribution in [0, 0.1) is 27.7 Å². The van der Waals surface area contributed by atoms with E-state index in [-0.39, 0.29) is 21.1 Å². The van der Waals surface area contributed by atoms with E-state index in [0.29, 0.717) is 0 Å². The van der Waals surface area contributed by atoms with Crippen molar-refractivity contribution in [1.82, 2.24) is 0 Å². The van der Waals surface area contributed by atoms with E-state index in [1.807, 2.05) is 0 Å². The van der Waals surface area contributed by atoms with Crippen LogP contribution < -0.4 is 0 Å². The normalized spacial score (nSPS) is 8.71. The first-order chi connectivity index (χ1) is 7.58. The zero-order valence-corrected chi connectivity index (χ0v) is 13.0. The van der Waals surface area contributed by atoms with Crippen molar-refractivity contribution in [3.8, 4) is 0 Å². The summed E-state index contributed by atoms with van der Waals surface area (Å²) in [6.45, 7) is 8.39. The Kier molecular flexibility index (Phi) is 7.83. The predicted molar refractivity (Wildman–Crippen MR) is 71.8 cm³/mol. The van der Waals surface area contributed by atoms with E-state index in [2.05, 4.69) is 76.2 Å². The van der Waals surface area contributed by atoms with E-state index in [4.69, 9.17) is 0 Å². The van der Waals surface area contributed by atoms with Gasteiger partial charge in [0, 0.05) is 21.1 Å². The van der Waals surface area contributed by atoms with Gasteiger partial charge in [-0.1, -0.05) is 70.8 Å². The molecule has 90 valence electrons. The average molecular weight is 308 g/mol. The van der Waals surface area contributed by atoms with Gasteiger partial charge in [0.15, 0.2) is 0 Å². The van der Waals surface area contributed by atoms with E-state index >= 15 is 0 Å². The molecule has 0 aliphatic rings. The molecule has 0 radical (unpaired) electrons. The summed E-state index contributed by atoms with van der Waals surface area (Å²) >= 11 is 0. The Morgan fingerprint density at radius 1 is 0.412 bits per heavy atom. The number of aryl methyl sites for hydroxylation is 4. The summed E-state index contributed by atoms with van der Waals surface area (Å²) in [5.74, 6) is 0. The predicted octanol–water partition coefficient (Wildman–Crippen LogP) is 4.60. The molecule has 0 amide bonds. The largest absolute Gasteiger partial charge is 0.0591 e. The minimum absolute atomic E-state index is 0. The summed E-state index contributed by atoms with van der Waals surface area (Å²) in [7, 11) is 0. The van der Waals surface area contributed by atoms with Crippen LogP contribution in [-0.2, 0) is 21.1 Å². The summed E-state index contributed by atoms with van der Waals surface area (Å²) in [6, 6.07) is 17.0. The summed E-state index contributed by atoms with van der Waals surface area (Å²) in [4.78, 5) is 0. The second-order valence-electron chi connectivity index (χ2n) is 4.31. The molecule has 0 heterocycles. The van der Waals surface area contributed by atoms with Crippen molar-refractivity contribution in [3.05, 3.63) is 70.8 Å². The van der Waals surface area contributed by atoms with Gasteiger partial charge in [0.05, 0.1) is 0 Å². The van der Waals surface area contributed by atoms with Crippen LogP contribution in [0.5, 0.6) is 0 Å². The molecule has 0 spiro atoms. The topological polar surface area (TPSA) is 0 Å². The molecule has 0 saturated carbocycles. The summed E-state index contributed by atoms with van der Waals surface area (Å²) in [5.41, 5.74) is 5.32. The Balaban J connectivity index is 0.000000284. The quantitative estimate of drug-likeness (QED) is 0.624. The molecule has 0 aromatic heterocycles. The third-order valence-electron chi connectivity index (χ3n) is 2.44. The Morgan fingerprint density at radius 2 is 0.529 bits per heavy atom. The molecular formula is C16H20Mo. The molecule has 17 heavy (non-hydrogen) atoms. The van der Waals surface area contributed by atoms with Crippen molar-refractivity contribution in [1.29, 1.82) is 0 Å². The van der Waals surface area contributed by atoms with Crippen LogP contribution >= 0.6 is 0 Å². The SMILES string of the molecule is Cc1ccc(C)cc1.Cc1ccc(C)cc1.[Mo]. The van der Waals surface area contributed by atoms with Crippen molar-refractivity contribution < 1.29 is 21.1 Å². The van der Waals surface area contributed by atoms with Gasteiger partial charge in [-0.05, 0) is 27.7 Å². The summed E-state index contributed by atoms with van der Waals surface area (Å²) in [5, 5.41) is 0. The van der Waals surface area contributed by atoms with E-state index in [0.717, 1.165) is 0 Å². The third kappa shape index (κ3) is 7.13. The van der Waals surface area contributed by atoms with Gasteiger partial charge in [-0.3, -0.25) is 0 Å². The number of hydrogen-bond donors (Lipinski definition) is 0. The van der Waals surface area contributed by atoms with E-state index < -0.39 is 0 Å². The van der Waals surface area contributed by atoms with Crippen LogP contribution in [0.15, 0.2) is 48.5 Å². The molecule has 2 aromatic rings. The maximum absolute atomic E-state index is 2.12. The number of hydrogen-bond acceptors (Lipinski definition) is 0. The second kappa shape index (κ2) is 8.25. The molecule has 0 saturated heterocycles. The van der Waals surface area contributed by atoms with Crippen molar-refractivity contribution >= 4 is 0 Å². The fourth-order valence-electron chi connectivity index (χ4n) is 1.27. The molecule has 0 N–H and O–H groups in total. The van der Waals surface area contributed by atoms with Crippen LogP contribution in [0.1, 0.15) is 22.3 Å². The zero-order chi connectivity index (χ0) is 12.0. The van der Waals surface area contributed by atoms with Gasteiger partial charge < -0.3 is 0 Å². The van der Waals surface area contributed by atoms with Gasteiger partial charge >= 0.3 is 0 Å². The van der Waals surface area contributed by atoms with E-state index in [1.54, 1.807) is 0 Å². The molecule has 0 fully saturated rings.